The van der Waals surface area contributed by atoms with Crippen molar-refractivity contribution in [1.29, 1.82) is 0 Å². The van der Waals surface area contributed by atoms with Gasteiger partial charge in [0.15, 0.2) is 18.1 Å². The lowest BCUT2D eigenvalue weighted by atomic mass is 9.72. The first-order valence-corrected chi connectivity index (χ1v) is 8.00. The second-order valence-electron chi connectivity index (χ2n) is 7.01. The molecule has 0 radical (unpaired) electrons. The van der Waals surface area contributed by atoms with E-state index in [-0.39, 0.29) is 17.9 Å². The minimum Gasteiger partial charge on any atom is -0.493 e. The van der Waals surface area contributed by atoms with E-state index in [0.29, 0.717) is 17.4 Å². The van der Waals surface area contributed by atoms with Crippen LogP contribution in [0, 0.1) is 11.3 Å². The predicted octanol–water partition coefficient (Wildman–Crippen LogP) is 3.39. The van der Waals surface area contributed by atoms with E-state index in [1.165, 1.54) is 6.42 Å². The van der Waals surface area contributed by atoms with Crippen LogP contribution in [0.25, 0.3) is 0 Å². The largest absolute Gasteiger partial charge is 0.493 e. The molecule has 1 amide bonds. The van der Waals surface area contributed by atoms with E-state index in [2.05, 4.69) is 31.3 Å². The molecule has 0 bridgehead atoms. The highest BCUT2D eigenvalue weighted by atomic mass is 16.5. The average molecular weight is 318 g/mol. The lowest BCUT2D eigenvalue weighted by molar-refractivity contribution is -0.123. The molecular formula is C18H26N2O3. The number of rotatable bonds is 5. The van der Waals surface area contributed by atoms with Crippen LogP contribution in [0.3, 0.4) is 0 Å². The van der Waals surface area contributed by atoms with Crippen molar-refractivity contribution in [3.63, 3.8) is 0 Å². The van der Waals surface area contributed by atoms with Gasteiger partial charge in [-0.1, -0.05) is 32.9 Å². The van der Waals surface area contributed by atoms with Gasteiger partial charge in [-0.25, -0.2) is 5.43 Å². The lowest BCUT2D eigenvalue weighted by Crippen LogP contribution is -2.31. The number of nitrogens with one attached hydrogen (secondary N) is 1. The number of carbonyl (C=O) groups is 1. The number of hydrazone groups is 1. The van der Waals surface area contributed by atoms with Crippen molar-refractivity contribution in [2.24, 2.45) is 16.4 Å². The van der Waals surface area contributed by atoms with Crippen molar-refractivity contribution in [3.05, 3.63) is 24.3 Å². The molecule has 1 aliphatic rings. The van der Waals surface area contributed by atoms with Gasteiger partial charge in [0.25, 0.3) is 5.91 Å². The van der Waals surface area contributed by atoms with Crippen LogP contribution in [0.15, 0.2) is 29.4 Å². The Balaban J connectivity index is 1.86. The SMILES string of the molecule is COc1ccccc1OCC(=O)N/N=C1/CC(C)CC(C)(C)C1. The first-order valence-electron chi connectivity index (χ1n) is 8.00. The number of carbonyl (C=O) groups excluding carboxylic acids is 1. The fourth-order valence-corrected chi connectivity index (χ4v) is 3.25. The average Bonchev–Trinajstić information content (AvgIpc) is 2.49. The molecule has 5 heteroatoms. The van der Waals surface area contributed by atoms with E-state index in [0.717, 1.165) is 18.6 Å². The predicted molar refractivity (Wildman–Crippen MR) is 90.9 cm³/mol. The number of benzene rings is 1. The molecule has 1 aliphatic carbocycles. The molecule has 0 aliphatic heterocycles. The Morgan fingerprint density at radius 2 is 2.04 bits per heavy atom. The molecule has 1 N–H and O–H groups in total. The summed E-state index contributed by atoms with van der Waals surface area (Å²) in [6.45, 7) is 6.62. The number of methoxy groups -OCH3 is 1. The van der Waals surface area contributed by atoms with Crippen LogP contribution in [0.5, 0.6) is 11.5 Å². The third-order valence-electron chi connectivity index (χ3n) is 3.93. The summed E-state index contributed by atoms with van der Waals surface area (Å²) in [6, 6.07) is 7.24. The number of para-hydroxylation sites is 2. The molecule has 1 aromatic carbocycles. The second kappa shape index (κ2) is 7.49. The highest BCUT2D eigenvalue weighted by Gasteiger charge is 2.29. The number of hydrogen-bond acceptors (Lipinski definition) is 4. The van der Waals surface area contributed by atoms with Gasteiger partial charge in [0, 0.05) is 5.71 Å². The zero-order valence-electron chi connectivity index (χ0n) is 14.4. The van der Waals surface area contributed by atoms with Gasteiger partial charge in [-0.2, -0.15) is 5.10 Å². The zero-order chi connectivity index (χ0) is 16.9. The van der Waals surface area contributed by atoms with Crippen LogP contribution in [0.4, 0.5) is 0 Å². The van der Waals surface area contributed by atoms with Crippen molar-refractivity contribution in [1.82, 2.24) is 5.43 Å². The quantitative estimate of drug-likeness (QED) is 0.847. The molecule has 2 rings (SSSR count). The summed E-state index contributed by atoms with van der Waals surface area (Å²) in [4.78, 5) is 11.9. The Bertz CT molecular complexity index is 581. The summed E-state index contributed by atoms with van der Waals surface area (Å²) in [5, 5.41) is 4.29. The summed E-state index contributed by atoms with van der Waals surface area (Å²) in [5.41, 5.74) is 3.90. The molecule has 126 valence electrons. The van der Waals surface area contributed by atoms with Gasteiger partial charge in [0.05, 0.1) is 7.11 Å². The van der Waals surface area contributed by atoms with Gasteiger partial charge < -0.3 is 9.47 Å². The minimum atomic E-state index is -0.264. The molecule has 1 saturated carbocycles. The molecule has 0 spiro atoms. The molecule has 23 heavy (non-hydrogen) atoms. The van der Waals surface area contributed by atoms with Crippen molar-refractivity contribution in [2.45, 2.75) is 40.0 Å². The maximum absolute atomic E-state index is 11.9. The van der Waals surface area contributed by atoms with E-state index in [9.17, 15) is 4.79 Å². The summed E-state index contributed by atoms with van der Waals surface area (Å²) in [6.07, 6.45) is 3.05. The molecule has 1 unspecified atom stereocenters. The highest BCUT2D eigenvalue weighted by molar-refractivity contribution is 5.87. The number of amides is 1. The summed E-state index contributed by atoms with van der Waals surface area (Å²) >= 11 is 0. The van der Waals surface area contributed by atoms with Crippen LogP contribution in [-0.2, 0) is 4.79 Å². The molecule has 0 heterocycles. The summed E-state index contributed by atoms with van der Waals surface area (Å²) in [5.74, 6) is 1.48. The van der Waals surface area contributed by atoms with Crippen molar-refractivity contribution >= 4 is 11.6 Å². The van der Waals surface area contributed by atoms with Crippen LogP contribution in [-0.4, -0.2) is 25.3 Å². The van der Waals surface area contributed by atoms with Gasteiger partial charge >= 0.3 is 0 Å². The van der Waals surface area contributed by atoms with E-state index in [4.69, 9.17) is 9.47 Å². The van der Waals surface area contributed by atoms with E-state index in [1.807, 2.05) is 12.1 Å². The Hall–Kier alpha value is -2.04. The third-order valence-corrected chi connectivity index (χ3v) is 3.93. The maximum atomic E-state index is 11.9. The third kappa shape index (κ3) is 5.27. The molecule has 0 saturated heterocycles. The normalized spacial score (nSPS) is 21.7. The number of nitrogens with zero attached hydrogens (tertiary/aromatic N) is 1. The van der Waals surface area contributed by atoms with E-state index in [1.54, 1.807) is 19.2 Å². The Kier molecular flexibility index (Phi) is 5.64. The Morgan fingerprint density at radius 3 is 2.70 bits per heavy atom. The Labute approximate surface area is 138 Å². The van der Waals surface area contributed by atoms with Gasteiger partial charge in [0.2, 0.25) is 0 Å². The fourth-order valence-electron chi connectivity index (χ4n) is 3.25. The second-order valence-corrected chi connectivity index (χ2v) is 7.01. The van der Waals surface area contributed by atoms with Gasteiger partial charge in [0.1, 0.15) is 0 Å². The molecular weight excluding hydrogens is 292 g/mol. The van der Waals surface area contributed by atoms with Gasteiger partial charge in [-0.3, -0.25) is 4.79 Å². The number of ether oxygens (including phenoxy) is 2. The lowest BCUT2D eigenvalue weighted by Gasteiger charge is -2.34. The fraction of sp³-hybridized carbons (Fsp3) is 0.556. The molecule has 5 nitrogen and oxygen atoms in total. The van der Waals surface area contributed by atoms with Crippen molar-refractivity contribution in [2.75, 3.05) is 13.7 Å². The smallest absolute Gasteiger partial charge is 0.277 e. The van der Waals surface area contributed by atoms with Crippen LogP contribution in [0.2, 0.25) is 0 Å². The summed E-state index contributed by atoms with van der Waals surface area (Å²) < 4.78 is 10.7. The van der Waals surface area contributed by atoms with E-state index >= 15 is 0 Å². The van der Waals surface area contributed by atoms with Crippen LogP contribution < -0.4 is 14.9 Å². The minimum absolute atomic E-state index is 0.0872. The standard InChI is InChI=1S/C18H26N2O3/c1-13-9-14(11-18(2,3)10-13)19-20-17(21)12-23-16-8-6-5-7-15(16)22-4/h5-8,13H,9-12H2,1-4H3,(H,20,21)/b19-14-. The van der Waals surface area contributed by atoms with Gasteiger partial charge in [-0.05, 0) is 42.7 Å². The summed E-state index contributed by atoms with van der Waals surface area (Å²) in [7, 11) is 1.57. The van der Waals surface area contributed by atoms with Crippen molar-refractivity contribution < 1.29 is 14.3 Å². The van der Waals surface area contributed by atoms with Crippen molar-refractivity contribution in [3.8, 4) is 11.5 Å². The highest BCUT2D eigenvalue weighted by Crippen LogP contribution is 2.36. The molecule has 1 atom stereocenters. The van der Waals surface area contributed by atoms with Crippen LogP contribution in [0.1, 0.15) is 40.0 Å². The molecule has 1 fully saturated rings. The maximum Gasteiger partial charge on any atom is 0.277 e. The first-order chi connectivity index (χ1) is 10.9. The van der Waals surface area contributed by atoms with E-state index < -0.39 is 0 Å². The first kappa shape index (κ1) is 17.3. The van der Waals surface area contributed by atoms with Gasteiger partial charge in [-0.15, -0.1) is 0 Å². The zero-order valence-corrected chi connectivity index (χ0v) is 14.4. The molecule has 0 aromatic heterocycles. The van der Waals surface area contributed by atoms with Crippen LogP contribution >= 0.6 is 0 Å². The Morgan fingerprint density at radius 1 is 1.35 bits per heavy atom. The monoisotopic (exact) mass is 318 g/mol. The topological polar surface area (TPSA) is 59.9 Å². The molecule has 1 aromatic rings. The number of hydrogen-bond donors (Lipinski definition) is 1.